The van der Waals surface area contributed by atoms with Crippen LogP contribution in [0, 0.1) is 17.5 Å². The van der Waals surface area contributed by atoms with Gasteiger partial charge < -0.3 is 19.9 Å². The monoisotopic (exact) mass is 510 g/mol. The molecule has 8 heteroatoms. The first kappa shape index (κ1) is 25.4. The van der Waals surface area contributed by atoms with E-state index in [4.69, 9.17) is 4.74 Å². The van der Waals surface area contributed by atoms with E-state index in [1.165, 1.54) is 18.2 Å². The molecule has 0 aliphatic carbocycles. The Bertz CT molecular complexity index is 1290. The van der Waals surface area contributed by atoms with Crippen molar-refractivity contribution in [1.82, 2.24) is 9.88 Å². The number of piperidine rings is 1. The molecule has 0 radical (unpaired) electrons. The number of ether oxygens (including phenoxy) is 1. The van der Waals surface area contributed by atoms with Gasteiger partial charge in [-0.05, 0) is 101 Å². The standard InChI is InChI=1S/C29H33F3N4O/c1-17(2)36-16-18(3)37-29-25(31)11-20(12-27(29)36)23-14-28(33-15-26(23)32)34-21-5-6-22(24(30)13-21)19-7-9-35(4)10-8-19/h5-6,11-15,17-19H,7-10,16H2,1-4H3,(H,33,34). The van der Waals surface area contributed by atoms with Crippen LogP contribution in [-0.2, 0) is 0 Å². The molecule has 2 aromatic carbocycles. The summed E-state index contributed by atoms with van der Waals surface area (Å²) in [5.74, 6) is -0.647. The Balaban J connectivity index is 1.42. The van der Waals surface area contributed by atoms with Gasteiger partial charge >= 0.3 is 0 Å². The number of benzene rings is 2. The van der Waals surface area contributed by atoms with E-state index in [9.17, 15) is 8.78 Å². The van der Waals surface area contributed by atoms with Gasteiger partial charge in [0.2, 0.25) is 0 Å². The van der Waals surface area contributed by atoms with Crippen LogP contribution in [0.3, 0.4) is 0 Å². The van der Waals surface area contributed by atoms with E-state index in [1.54, 1.807) is 6.07 Å². The molecule has 0 amide bonds. The average Bonchev–Trinajstić information content (AvgIpc) is 2.86. The van der Waals surface area contributed by atoms with Crippen molar-refractivity contribution in [2.24, 2.45) is 0 Å². The van der Waals surface area contributed by atoms with Gasteiger partial charge in [-0.2, -0.15) is 0 Å². The van der Waals surface area contributed by atoms with E-state index in [1.807, 2.05) is 32.9 Å². The van der Waals surface area contributed by atoms with Gasteiger partial charge in [-0.15, -0.1) is 0 Å². The lowest BCUT2D eigenvalue weighted by Gasteiger charge is -2.38. The fourth-order valence-corrected chi connectivity index (χ4v) is 5.30. The molecule has 2 aliphatic heterocycles. The number of rotatable bonds is 5. The molecule has 0 saturated carbocycles. The normalized spacial score (nSPS) is 18.6. The van der Waals surface area contributed by atoms with Crippen molar-refractivity contribution in [1.29, 1.82) is 0 Å². The summed E-state index contributed by atoms with van der Waals surface area (Å²) < 4.78 is 50.8. The summed E-state index contributed by atoms with van der Waals surface area (Å²) in [5.41, 5.74) is 2.42. The second-order valence-electron chi connectivity index (χ2n) is 10.5. The highest BCUT2D eigenvalue weighted by Crippen LogP contribution is 2.41. The number of hydrogen-bond acceptors (Lipinski definition) is 5. The number of aromatic nitrogens is 1. The molecular weight excluding hydrogens is 477 g/mol. The van der Waals surface area contributed by atoms with Crippen molar-refractivity contribution >= 4 is 17.2 Å². The van der Waals surface area contributed by atoms with Gasteiger partial charge in [-0.3, -0.25) is 0 Å². The molecule has 0 spiro atoms. The van der Waals surface area contributed by atoms with Gasteiger partial charge in [0.25, 0.3) is 0 Å². The fourth-order valence-electron chi connectivity index (χ4n) is 5.30. The summed E-state index contributed by atoms with van der Waals surface area (Å²) in [6.45, 7) is 8.47. The van der Waals surface area contributed by atoms with E-state index in [0.29, 0.717) is 29.3 Å². The zero-order valence-corrected chi connectivity index (χ0v) is 21.7. The highest BCUT2D eigenvalue weighted by Gasteiger charge is 2.29. The van der Waals surface area contributed by atoms with Crippen LogP contribution in [0.2, 0.25) is 0 Å². The Kier molecular flexibility index (Phi) is 7.03. The maximum absolute atomic E-state index is 15.1. The van der Waals surface area contributed by atoms with Crippen LogP contribution < -0.4 is 15.0 Å². The quantitative estimate of drug-likeness (QED) is 0.413. The van der Waals surface area contributed by atoms with Crippen LogP contribution in [0.25, 0.3) is 11.1 Å². The smallest absolute Gasteiger partial charge is 0.178 e. The first-order valence-electron chi connectivity index (χ1n) is 12.9. The minimum absolute atomic E-state index is 0.117. The molecular formula is C29H33F3N4O. The van der Waals surface area contributed by atoms with Crippen LogP contribution in [-0.4, -0.2) is 48.7 Å². The summed E-state index contributed by atoms with van der Waals surface area (Å²) in [4.78, 5) is 8.44. The first-order valence-corrected chi connectivity index (χ1v) is 12.9. The molecule has 1 aromatic heterocycles. The lowest BCUT2D eigenvalue weighted by Crippen LogP contribution is -2.42. The van der Waals surface area contributed by atoms with Gasteiger partial charge in [-0.25, -0.2) is 18.2 Å². The third-order valence-electron chi connectivity index (χ3n) is 7.33. The van der Waals surface area contributed by atoms with Gasteiger partial charge in [0.15, 0.2) is 11.6 Å². The van der Waals surface area contributed by atoms with E-state index < -0.39 is 11.6 Å². The van der Waals surface area contributed by atoms with Gasteiger partial charge in [0.1, 0.15) is 23.6 Å². The summed E-state index contributed by atoms with van der Waals surface area (Å²) in [7, 11) is 2.08. The van der Waals surface area contributed by atoms with Crippen LogP contribution in [0.5, 0.6) is 5.75 Å². The summed E-state index contributed by atoms with van der Waals surface area (Å²) in [6, 6.07) is 9.76. The summed E-state index contributed by atoms with van der Waals surface area (Å²) in [6.07, 6.45) is 2.80. The highest BCUT2D eigenvalue weighted by atomic mass is 19.1. The third kappa shape index (κ3) is 5.25. The van der Waals surface area contributed by atoms with Gasteiger partial charge in [0.05, 0.1) is 18.4 Å². The molecule has 3 heterocycles. The molecule has 5 rings (SSSR count). The molecule has 1 N–H and O–H groups in total. The molecule has 2 aliphatic rings. The molecule has 1 atom stereocenters. The molecule has 3 aromatic rings. The molecule has 196 valence electrons. The zero-order chi connectivity index (χ0) is 26.3. The molecule has 1 unspecified atom stereocenters. The first-order chi connectivity index (χ1) is 17.7. The number of halogens is 3. The maximum atomic E-state index is 15.1. The number of anilines is 3. The van der Waals surface area contributed by atoms with E-state index in [0.717, 1.165) is 37.7 Å². The van der Waals surface area contributed by atoms with Crippen molar-refractivity contribution in [3.05, 3.63) is 65.6 Å². The Morgan fingerprint density at radius 2 is 1.76 bits per heavy atom. The average molecular weight is 511 g/mol. The largest absolute Gasteiger partial charge is 0.484 e. The predicted molar refractivity (Wildman–Crippen MR) is 141 cm³/mol. The van der Waals surface area contributed by atoms with Gasteiger partial charge in [0, 0.05) is 17.3 Å². The molecule has 0 bridgehead atoms. The van der Waals surface area contributed by atoms with Crippen molar-refractivity contribution in [2.45, 2.75) is 51.7 Å². The van der Waals surface area contributed by atoms with Crippen molar-refractivity contribution in [3.8, 4) is 16.9 Å². The molecule has 5 nitrogen and oxygen atoms in total. The van der Waals surface area contributed by atoms with E-state index in [-0.39, 0.29) is 35.2 Å². The highest BCUT2D eigenvalue weighted by molar-refractivity contribution is 5.76. The third-order valence-corrected chi connectivity index (χ3v) is 7.33. The maximum Gasteiger partial charge on any atom is 0.178 e. The van der Waals surface area contributed by atoms with E-state index >= 15 is 4.39 Å². The minimum atomic E-state index is -0.574. The van der Waals surface area contributed by atoms with Crippen LogP contribution >= 0.6 is 0 Å². The number of hydrogen-bond donors (Lipinski definition) is 1. The van der Waals surface area contributed by atoms with E-state index in [2.05, 4.69) is 27.1 Å². The molecule has 1 fully saturated rings. The lowest BCUT2D eigenvalue weighted by atomic mass is 9.89. The second kappa shape index (κ2) is 10.2. The second-order valence-corrected chi connectivity index (χ2v) is 10.5. The zero-order valence-electron chi connectivity index (χ0n) is 21.7. The topological polar surface area (TPSA) is 40.6 Å². The van der Waals surface area contributed by atoms with Crippen molar-refractivity contribution < 1.29 is 17.9 Å². The Morgan fingerprint density at radius 1 is 1.00 bits per heavy atom. The summed E-state index contributed by atoms with van der Waals surface area (Å²) in [5, 5.41) is 3.07. The SMILES string of the molecule is CC1CN(C(C)C)c2cc(-c3cc(Nc4ccc(C5CCN(C)CC5)c(F)c4)ncc3F)cc(F)c2O1. The van der Waals surface area contributed by atoms with Crippen molar-refractivity contribution in [3.63, 3.8) is 0 Å². The van der Waals surface area contributed by atoms with Crippen LogP contribution in [0.15, 0.2) is 42.6 Å². The molecule has 1 saturated heterocycles. The fraction of sp³-hybridized carbons (Fsp3) is 0.414. The number of nitrogens with one attached hydrogen (secondary N) is 1. The van der Waals surface area contributed by atoms with Gasteiger partial charge in [-0.1, -0.05) is 6.07 Å². The Hall–Kier alpha value is -3.26. The predicted octanol–water partition coefficient (Wildman–Crippen LogP) is 6.71. The Labute approximate surface area is 216 Å². The lowest BCUT2D eigenvalue weighted by molar-refractivity contribution is 0.199. The Morgan fingerprint density at radius 3 is 2.46 bits per heavy atom. The van der Waals surface area contributed by atoms with Crippen LogP contribution in [0.4, 0.5) is 30.4 Å². The molecule has 37 heavy (non-hydrogen) atoms. The minimum Gasteiger partial charge on any atom is -0.484 e. The van der Waals surface area contributed by atoms with Crippen LogP contribution in [0.1, 0.15) is 45.1 Å². The summed E-state index contributed by atoms with van der Waals surface area (Å²) >= 11 is 0. The van der Waals surface area contributed by atoms with Crippen molar-refractivity contribution in [2.75, 3.05) is 36.9 Å². The number of fused-ring (bicyclic) bond motifs is 1. The number of nitrogens with zero attached hydrogens (tertiary/aromatic N) is 3. The number of likely N-dealkylation sites (tertiary alicyclic amines) is 1. The number of pyridine rings is 1.